The van der Waals surface area contributed by atoms with Crippen LogP contribution in [0.1, 0.15) is 10.4 Å². The summed E-state index contributed by atoms with van der Waals surface area (Å²) in [5.74, 6) is 0.329. The van der Waals surface area contributed by atoms with Gasteiger partial charge in [-0.2, -0.15) is 0 Å². The van der Waals surface area contributed by atoms with Crippen LogP contribution < -0.4 is 10.1 Å². The van der Waals surface area contributed by atoms with Crippen molar-refractivity contribution in [3.63, 3.8) is 0 Å². The number of amides is 1. The van der Waals surface area contributed by atoms with Crippen molar-refractivity contribution in [1.29, 1.82) is 0 Å². The number of carbonyl (C=O) groups excluding carboxylic acids is 1. The van der Waals surface area contributed by atoms with E-state index in [1.54, 1.807) is 37.4 Å². The summed E-state index contributed by atoms with van der Waals surface area (Å²) < 4.78 is 6.55. The monoisotopic (exact) mass is 451 g/mol. The lowest BCUT2D eigenvalue weighted by molar-refractivity contribution is 0.102. The van der Waals surface area contributed by atoms with Crippen molar-refractivity contribution in [3.05, 3.63) is 54.9 Å². The van der Waals surface area contributed by atoms with Crippen LogP contribution in [0.2, 0.25) is 10.0 Å². The Balaban J connectivity index is 2.28. The largest absolute Gasteiger partial charge is 0.496 e. The number of carbonyl (C=O) groups is 1. The maximum absolute atomic E-state index is 12.3. The van der Waals surface area contributed by atoms with Crippen LogP contribution in [0.3, 0.4) is 0 Å². The summed E-state index contributed by atoms with van der Waals surface area (Å²) in [6.07, 6.45) is 0. The van der Waals surface area contributed by atoms with Crippen molar-refractivity contribution in [3.8, 4) is 5.75 Å². The van der Waals surface area contributed by atoms with Gasteiger partial charge in [0.1, 0.15) is 5.75 Å². The molecule has 0 bridgehead atoms. The molecule has 2 rings (SSSR count). The highest BCUT2D eigenvalue weighted by Gasteiger charge is 2.14. The van der Waals surface area contributed by atoms with Gasteiger partial charge in [-0.3, -0.25) is 4.79 Å². The molecule has 0 atom stereocenters. The van der Waals surface area contributed by atoms with Crippen molar-refractivity contribution < 1.29 is 9.53 Å². The van der Waals surface area contributed by atoms with Crippen molar-refractivity contribution in [1.82, 2.24) is 0 Å². The standard InChI is InChI=1S/C14H9Br2Cl2NO2/c1-21-12-3-2-7(4-9(12)16)14(20)19-13-10(17)5-8(15)6-11(13)18/h2-6H,1H3,(H,19,20). The first kappa shape index (κ1) is 16.6. The molecule has 0 aliphatic heterocycles. The Labute approximate surface area is 148 Å². The van der Waals surface area contributed by atoms with Crippen LogP contribution in [-0.2, 0) is 0 Å². The fourth-order valence-corrected chi connectivity index (χ4v) is 3.50. The van der Waals surface area contributed by atoms with Crippen LogP contribution in [0, 0.1) is 0 Å². The Hall–Kier alpha value is -0.750. The average Bonchev–Trinajstić information content (AvgIpc) is 2.42. The van der Waals surface area contributed by atoms with Crippen LogP contribution in [0.15, 0.2) is 39.3 Å². The van der Waals surface area contributed by atoms with E-state index in [0.29, 0.717) is 31.5 Å². The molecule has 1 amide bonds. The minimum Gasteiger partial charge on any atom is -0.496 e. The number of ether oxygens (including phenoxy) is 1. The zero-order chi connectivity index (χ0) is 15.6. The molecule has 0 fully saturated rings. The minimum absolute atomic E-state index is 0.315. The average molecular weight is 454 g/mol. The predicted octanol–water partition coefficient (Wildman–Crippen LogP) is 5.78. The number of anilines is 1. The van der Waals surface area contributed by atoms with E-state index in [0.717, 1.165) is 4.47 Å². The summed E-state index contributed by atoms with van der Waals surface area (Å²) in [6.45, 7) is 0. The van der Waals surface area contributed by atoms with Crippen molar-refractivity contribution in [2.24, 2.45) is 0 Å². The highest BCUT2D eigenvalue weighted by atomic mass is 79.9. The van der Waals surface area contributed by atoms with E-state index in [1.165, 1.54) is 0 Å². The van der Waals surface area contributed by atoms with E-state index in [1.807, 2.05) is 0 Å². The molecule has 0 aromatic heterocycles. The van der Waals surface area contributed by atoms with Crippen LogP contribution >= 0.6 is 55.1 Å². The van der Waals surface area contributed by atoms with Crippen LogP contribution in [0.4, 0.5) is 5.69 Å². The topological polar surface area (TPSA) is 38.3 Å². The lowest BCUT2D eigenvalue weighted by Gasteiger charge is -2.11. The fraction of sp³-hybridized carbons (Fsp3) is 0.0714. The zero-order valence-corrected chi connectivity index (χ0v) is 15.4. The first-order valence-corrected chi connectivity index (χ1v) is 8.06. The summed E-state index contributed by atoms with van der Waals surface area (Å²) in [7, 11) is 1.56. The van der Waals surface area contributed by atoms with Gasteiger partial charge >= 0.3 is 0 Å². The fourth-order valence-electron chi connectivity index (χ4n) is 1.65. The van der Waals surface area contributed by atoms with Gasteiger partial charge in [-0.15, -0.1) is 0 Å². The van der Waals surface area contributed by atoms with Crippen LogP contribution in [-0.4, -0.2) is 13.0 Å². The molecular formula is C14H9Br2Cl2NO2. The normalized spacial score (nSPS) is 10.3. The molecule has 1 N–H and O–H groups in total. The van der Waals surface area contributed by atoms with Gasteiger partial charge in [-0.25, -0.2) is 0 Å². The van der Waals surface area contributed by atoms with Gasteiger partial charge in [-0.05, 0) is 46.3 Å². The molecule has 0 aliphatic rings. The van der Waals surface area contributed by atoms with Gasteiger partial charge in [0.25, 0.3) is 5.91 Å². The van der Waals surface area contributed by atoms with Gasteiger partial charge in [0.2, 0.25) is 0 Å². The predicted molar refractivity (Wildman–Crippen MR) is 92.8 cm³/mol. The number of nitrogens with one attached hydrogen (secondary N) is 1. The molecule has 2 aromatic rings. The summed E-state index contributed by atoms with van der Waals surface area (Å²) in [5, 5.41) is 3.41. The first-order chi connectivity index (χ1) is 9.92. The first-order valence-electron chi connectivity index (χ1n) is 5.72. The lowest BCUT2D eigenvalue weighted by atomic mass is 10.2. The van der Waals surface area contributed by atoms with Gasteiger partial charge in [0.05, 0.1) is 27.3 Å². The molecule has 7 heteroatoms. The minimum atomic E-state index is -0.315. The van der Waals surface area contributed by atoms with Crippen molar-refractivity contribution in [2.45, 2.75) is 0 Å². The Morgan fingerprint density at radius 3 is 2.29 bits per heavy atom. The summed E-state index contributed by atoms with van der Waals surface area (Å²) in [4.78, 5) is 12.3. The smallest absolute Gasteiger partial charge is 0.255 e. The SMILES string of the molecule is COc1ccc(C(=O)Nc2c(Cl)cc(Br)cc2Cl)cc1Br. The van der Waals surface area contributed by atoms with E-state index in [9.17, 15) is 4.79 Å². The van der Waals surface area contributed by atoms with E-state index in [4.69, 9.17) is 27.9 Å². The molecule has 0 saturated heterocycles. The Kier molecular flexibility index (Phi) is 5.54. The third kappa shape index (κ3) is 3.92. The lowest BCUT2D eigenvalue weighted by Crippen LogP contribution is -2.12. The molecule has 0 heterocycles. The summed E-state index contributed by atoms with van der Waals surface area (Å²) >= 11 is 18.8. The van der Waals surface area contributed by atoms with Gasteiger partial charge in [0.15, 0.2) is 0 Å². The molecular weight excluding hydrogens is 445 g/mol. The summed E-state index contributed by atoms with van der Waals surface area (Å²) in [6, 6.07) is 8.33. The second-order valence-corrected chi connectivity index (χ2v) is 6.63. The Bertz CT molecular complexity index is 684. The molecule has 0 aliphatic carbocycles. The molecule has 110 valence electrons. The molecule has 0 unspecified atom stereocenters. The second-order valence-electron chi connectivity index (χ2n) is 4.05. The maximum atomic E-state index is 12.3. The maximum Gasteiger partial charge on any atom is 0.255 e. The Morgan fingerprint density at radius 2 is 1.76 bits per heavy atom. The third-order valence-corrected chi connectivity index (χ3v) is 4.33. The number of rotatable bonds is 3. The van der Waals surface area contributed by atoms with E-state index in [2.05, 4.69) is 37.2 Å². The number of hydrogen-bond acceptors (Lipinski definition) is 2. The van der Waals surface area contributed by atoms with Crippen molar-refractivity contribution in [2.75, 3.05) is 12.4 Å². The van der Waals surface area contributed by atoms with E-state index < -0.39 is 0 Å². The van der Waals surface area contributed by atoms with E-state index >= 15 is 0 Å². The van der Waals surface area contributed by atoms with Gasteiger partial charge in [-0.1, -0.05) is 39.1 Å². The molecule has 21 heavy (non-hydrogen) atoms. The highest BCUT2D eigenvalue weighted by Crippen LogP contribution is 2.34. The molecule has 0 spiro atoms. The molecule has 2 aromatic carbocycles. The number of hydrogen-bond donors (Lipinski definition) is 1. The highest BCUT2D eigenvalue weighted by molar-refractivity contribution is 9.10. The molecule has 3 nitrogen and oxygen atoms in total. The van der Waals surface area contributed by atoms with Crippen LogP contribution in [0.25, 0.3) is 0 Å². The number of methoxy groups -OCH3 is 1. The van der Waals surface area contributed by atoms with Crippen LogP contribution in [0.5, 0.6) is 5.75 Å². The Morgan fingerprint density at radius 1 is 1.14 bits per heavy atom. The number of halogens is 4. The second kappa shape index (κ2) is 7.01. The van der Waals surface area contributed by atoms with E-state index in [-0.39, 0.29) is 5.91 Å². The molecule has 0 saturated carbocycles. The summed E-state index contributed by atoms with van der Waals surface area (Å²) in [5.41, 5.74) is 0.830. The zero-order valence-electron chi connectivity index (χ0n) is 10.7. The van der Waals surface area contributed by atoms with Gasteiger partial charge in [0, 0.05) is 10.0 Å². The quantitative estimate of drug-likeness (QED) is 0.639. The number of benzene rings is 2. The third-order valence-electron chi connectivity index (χ3n) is 2.66. The van der Waals surface area contributed by atoms with Crippen molar-refractivity contribution >= 4 is 66.7 Å². The van der Waals surface area contributed by atoms with Gasteiger partial charge < -0.3 is 10.1 Å². The molecule has 0 radical (unpaired) electrons.